The fraction of sp³-hybridized carbons (Fsp3) is 0.0698. The summed E-state index contributed by atoms with van der Waals surface area (Å²) in [6, 6.07) is 47.4. The van der Waals surface area contributed by atoms with Crippen LogP contribution in [0.15, 0.2) is 138 Å². The number of hydrogen-bond donors (Lipinski definition) is 0. The Bertz CT molecular complexity index is 2730. The number of fused-ring (bicyclic) bond motifs is 9. The molecule has 0 amide bonds. The van der Waals surface area contributed by atoms with Gasteiger partial charge in [0.1, 0.15) is 11.2 Å². The molecule has 0 saturated heterocycles. The average Bonchev–Trinajstić information content (AvgIpc) is 3.76. The van der Waals surface area contributed by atoms with Gasteiger partial charge < -0.3 is 4.42 Å². The molecule has 3 heterocycles. The molecule has 1 aliphatic carbocycles. The quantitative estimate of drug-likeness (QED) is 0.197. The second-order valence-corrected chi connectivity index (χ2v) is 14.0. The van der Waals surface area contributed by atoms with E-state index < -0.39 is 0 Å². The first-order valence-corrected chi connectivity index (χ1v) is 16.8. The third-order valence-electron chi connectivity index (χ3n) is 9.93. The second kappa shape index (κ2) is 9.71. The molecule has 0 saturated carbocycles. The fourth-order valence-electron chi connectivity index (χ4n) is 7.63. The van der Waals surface area contributed by atoms with E-state index in [0.717, 1.165) is 50.0 Å². The van der Waals surface area contributed by atoms with E-state index in [1.807, 2.05) is 23.5 Å². The van der Waals surface area contributed by atoms with Crippen molar-refractivity contribution in [2.75, 3.05) is 0 Å². The zero-order valence-corrected chi connectivity index (χ0v) is 26.7. The van der Waals surface area contributed by atoms with E-state index in [1.165, 1.54) is 42.4 Å². The molecule has 0 N–H and O–H groups in total. The van der Waals surface area contributed by atoms with Crippen LogP contribution in [0.3, 0.4) is 0 Å². The van der Waals surface area contributed by atoms with E-state index in [0.29, 0.717) is 5.82 Å². The van der Waals surface area contributed by atoms with Gasteiger partial charge in [0.05, 0.1) is 11.4 Å². The van der Waals surface area contributed by atoms with Crippen molar-refractivity contribution in [2.24, 2.45) is 0 Å². The van der Waals surface area contributed by atoms with Gasteiger partial charge in [-0.1, -0.05) is 117 Å². The maximum Gasteiger partial charge on any atom is 0.160 e. The topological polar surface area (TPSA) is 38.9 Å². The molecular formula is C43H28N2OS. The lowest BCUT2D eigenvalue weighted by Gasteiger charge is -2.21. The van der Waals surface area contributed by atoms with Crippen LogP contribution in [0.25, 0.3) is 87.1 Å². The van der Waals surface area contributed by atoms with Crippen LogP contribution in [0.4, 0.5) is 0 Å². The van der Waals surface area contributed by atoms with Gasteiger partial charge in [-0.25, -0.2) is 9.97 Å². The van der Waals surface area contributed by atoms with E-state index in [4.69, 9.17) is 14.4 Å². The molecule has 47 heavy (non-hydrogen) atoms. The van der Waals surface area contributed by atoms with Gasteiger partial charge in [0, 0.05) is 53.1 Å². The summed E-state index contributed by atoms with van der Waals surface area (Å²) in [5.74, 6) is 0.682. The standard InChI is InChI=1S/C43H28N2OS/c1-43(2)33-17-6-3-13-30(33)40-31(15-10-18-34(40)43)35-24-36(32-16-9-14-29-28-12-5-8-20-39(28)47-41(29)32)45-42(44-35)25-21-22-27-26-11-4-7-19-37(26)46-38(27)23-25/h3-24H,1-2H3. The molecule has 10 rings (SSSR count). The molecule has 4 heteroatoms. The molecule has 3 nitrogen and oxygen atoms in total. The van der Waals surface area contributed by atoms with Gasteiger partial charge in [-0.2, -0.15) is 0 Å². The van der Waals surface area contributed by atoms with E-state index in [1.54, 1.807) is 0 Å². The molecule has 0 fully saturated rings. The van der Waals surface area contributed by atoms with Crippen molar-refractivity contribution in [1.82, 2.24) is 9.97 Å². The Hall–Kier alpha value is -5.58. The van der Waals surface area contributed by atoms with E-state index >= 15 is 0 Å². The smallest absolute Gasteiger partial charge is 0.160 e. The maximum atomic E-state index is 6.30. The van der Waals surface area contributed by atoms with Crippen LogP contribution in [-0.2, 0) is 5.41 Å². The largest absolute Gasteiger partial charge is 0.456 e. The number of hydrogen-bond acceptors (Lipinski definition) is 4. The second-order valence-electron chi connectivity index (χ2n) is 13.0. The zero-order valence-electron chi connectivity index (χ0n) is 25.9. The Morgan fingerprint density at radius 1 is 0.532 bits per heavy atom. The Morgan fingerprint density at radius 3 is 2.11 bits per heavy atom. The number of thiophene rings is 1. The third kappa shape index (κ3) is 3.85. The van der Waals surface area contributed by atoms with Crippen LogP contribution in [0.5, 0.6) is 0 Å². The van der Waals surface area contributed by atoms with Crippen LogP contribution >= 0.6 is 11.3 Å². The summed E-state index contributed by atoms with van der Waals surface area (Å²) in [7, 11) is 0. The number of rotatable bonds is 3. The van der Waals surface area contributed by atoms with Crippen molar-refractivity contribution in [2.45, 2.75) is 19.3 Å². The maximum absolute atomic E-state index is 6.30. The minimum absolute atomic E-state index is 0.102. The van der Waals surface area contributed by atoms with E-state index in [9.17, 15) is 0 Å². The molecular weight excluding hydrogens is 593 g/mol. The van der Waals surface area contributed by atoms with Crippen molar-refractivity contribution in [1.29, 1.82) is 0 Å². The summed E-state index contributed by atoms with van der Waals surface area (Å²) in [5, 5.41) is 4.74. The molecule has 0 bridgehead atoms. The molecule has 0 spiro atoms. The van der Waals surface area contributed by atoms with Crippen molar-refractivity contribution in [3.8, 4) is 45.0 Å². The molecule has 6 aromatic carbocycles. The molecule has 0 atom stereocenters. The summed E-state index contributed by atoms with van der Waals surface area (Å²) in [6.45, 7) is 4.64. The third-order valence-corrected chi connectivity index (χ3v) is 11.1. The minimum atomic E-state index is -0.102. The SMILES string of the molecule is CC1(C)c2ccccc2-c2c(-c3cc(-c4cccc5c4sc4ccccc45)nc(-c4ccc5c(c4)oc4ccccc45)n3)cccc21. The lowest BCUT2D eigenvalue weighted by atomic mass is 9.82. The van der Waals surface area contributed by atoms with Crippen molar-refractivity contribution in [3.63, 3.8) is 0 Å². The average molecular weight is 621 g/mol. The van der Waals surface area contributed by atoms with Gasteiger partial charge in [0.15, 0.2) is 5.82 Å². The van der Waals surface area contributed by atoms with Crippen LogP contribution in [-0.4, -0.2) is 9.97 Å². The van der Waals surface area contributed by atoms with Crippen LogP contribution in [0.2, 0.25) is 0 Å². The Kier molecular flexibility index (Phi) is 5.50. The highest BCUT2D eigenvalue weighted by Crippen LogP contribution is 2.52. The van der Waals surface area contributed by atoms with Gasteiger partial charge >= 0.3 is 0 Å². The molecule has 1 aliphatic rings. The number of benzene rings is 6. The summed E-state index contributed by atoms with van der Waals surface area (Å²) >= 11 is 1.83. The predicted octanol–water partition coefficient (Wildman–Crippen LogP) is 12.1. The number of nitrogens with zero attached hydrogens (tertiary/aromatic N) is 2. The highest BCUT2D eigenvalue weighted by atomic mass is 32.1. The van der Waals surface area contributed by atoms with Crippen molar-refractivity contribution in [3.05, 3.63) is 145 Å². The molecule has 0 unspecified atom stereocenters. The van der Waals surface area contributed by atoms with E-state index in [2.05, 4.69) is 135 Å². The number of para-hydroxylation sites is 1. The normalized spacial score (nSPS) is 13.5. The van der Waals surface area contributed by atoms with Crippen LogP contribution < -0.4 is 0 Å². The Morgan fingerprint density at radius 2 is 1.19 bits per heavy atom. The molecule has 3 aromatic heterocycles. The van der Waals surface area contributed by atoms with Gasteiger partial charge in [-0.15, -0.1) is 11.3 Å². The first-order valence-electron chi connectivity index (χ1n) is 16.0. The minimum Gasteiger partial charge on any atom is -0.456 e. The monoisotopic (exact) mass is 620 g/mol. The van der Waals surface area contributed by atoms with Gasteiger partial charge in [-0.05, 0) is 52.6 Å². The molecule has 222 valence electrons. The van der Waals surface area contributed by atoms with E-state index in [-0.39, 0.29) is 5.41 Å². The summed E-state index contributed by atoms with van der Waals surface area (Å²) in [6.07, 6.45) is 0. The Labute approximate surface area is 275 Å². The predicted molar refractivity (Wildman–Crippen MR) is 196 cm³/mol. The van der Waals surface area contributed by atoms with Gasteiger partial charge in [0.25, 0.3) is 0 Å². The molecule has 0 aliphatic heterocycles. The van der Waals surface area contributed by atoms with Gasteiger partial charge in [-0.3, -0.25) is 0 Å². The highest BCUT2D eigenvalue weighted by Gasteiger charge is 2.36. The lowest BCUT2D eigenvalue weighted by molar-refractivity contribution is 0.660. The van der Waals surface area contributed by atoms with Crippen LogP contribution in [0, 0.1) is 0 Å². The van der Waals surface area contributed by atoms with Crippen molar-refractivity contribution < 1.29 is 4.42 Å². The lowest BCUT2D eigenvalue weighted by Crippen LogP contribution is -2.14. The molecule has 9 aromatic rings. The number of furan rings is 1. The van der Waals surface area contributed by atoms with Crippen LogP contribution in [0.1, 0.15) is 25.0 Å². The van der Waals surface area contributed by atoms with Crippen molar-refractivity contribution >= 4 is 53.4 Å². The zero-order chi connectivity index (χ0) is 31.3. The summed E-state index contributed by atoms with van der Waals surface area (Å²) in [4.78, 5) is 10.6. The van der Waals surface area contributed by atoms with Gasteiger partial charge in [0.2, 0.25) is 0 Å². The summed E-state index contributed by atoms with van der Waals surface area (Å²) in [5.41, 5.74) is 11.8. The fourth-order valence-corrected chi connectivity index (χ4v) is 8.86. The highest BCUT2D eigenvalue weighted by molar-refractivity contribution is 7.26. The molecule has 0 radical (unpaired) electrons. The first kappa shape index (κ1) is 26.6. The Balaban J connectivity index is 1.25. The number of aromatic nitrogens is 2. The summed E-state index contributed by atoms with van der Waals surface area (Å²) < 4.78 is 8.82. The first-order chi connectivity index (χ1) is 23.0.